The lowest BCUT2D eigenvalue weighted by atomic mass is 10.1. The predicted molar refractivity (Wildman–Crippen MR) is 84.1 cm³/mol. The van der Waals surface area contributed by atoms with Crippen LogP contribution in [-0.2, 0) is 9.53 Å². The Hall–Kier alpha value is -1.62. The van der Waals surface area contributed by atoms with Gasteiger partial charge in [-0.2, -0.15) is 0 Å². The third kappa shape index (κ3) is 3.48. The fourth-order valence-corrected chi connectivity index (χ4v) is 2.40. The van der Waals surface area contributed by atoms with Crippen LogP contribution in [0.3, 0.4) is 0 Å². The first-order chi connectivity index (χ1) is 9.52. The number of hydrogen-bond donors (Lipinski definition) is 1. The number of carbonyl (C=O) groups is 1. The molecule has 0 aliphatic heterocycles. The highest BCUT2D eigenvalue weighted by Crippen LogP contribution is 2.34. The minimum Gasteiger partial charge on any atom is -0.465 e. The van der Waals surface area contributed by atoms with Crippen LogP contribution in [0.5, 0.6) is 0 Å². The van der Waals surface area contributed by atoms with Crippen LogP contribution in [-0.4, -0.2) is 30.2 Å². The molecule has 0 atom stereocenters. The summed E-state index contributed by atoms with van der Waals surface area (Å²) in [4.78, 5) is 14.2. The van der Waals surface area contributed by atoms with Crippen molar-refractivity contribution in [3.63, 3.8) is 0 Å². The van der Waals surface area contributed by atoms with Gasteiger partial charge in [0, 0.05) is 17.3 Å². The molecule has 1 aliphatic rings. The molecular formula is C15H20N2O2S. The van der Waals surface area contributed by atoms with Crippen molar-refractivity contribution in [3.8, 4) is 0 Å². The van der Waals surface area contributed by atoms with Gasteiger partial charge in [0.15, 0.2) is 0 Å². The monoisotopic (exact) mass is 292 g/mol. The van der Waals surface area contributed by atoms with Crippen molar-refractivity contribution < 1.29 is 9.53 Å². The second-order valence-electron chi connectivity index (χ2n) is 5.05. The van der Waals surface area contributed by atoms with Gasteiger partial charge in [0.2, 0.25) is 0 Å². The maximum Gasteiger partial charge on any atom is 0.325 e. The number of hydrogen-bond acceptors (Lipinski definition) is 4. The van der Waals surface area contributed by atoms with Gasteiger partial charge in [-0.3, -0.25) is 4.79 Å². The zero-order chi connectivity index (χ0) is 14.7. The Morgan fingerprint density at radius 3 is 2.75 bits per heavy atom. The molecule has 0 radical (unpaired) electrons. The van der Waals surface area contributed by atoms with E-state index in [2.05, 4.69) is 4.90 Å². The number of rotatable bonds is 6. The van der Waals surface area contributed by atoms with E-state index in [1.807, 2.05) is 32.0 Å². The van der Waals surface area contributed by atoms with E-state index >= 15 is 0 Å². The molecule has 2 N–H and O–H groups in total. The molecule has 1 aromatic rings. The Kier molecular flexibility index (Phi) is 4.60. The number of carbonyl (C=O) groups excluding carboxylic acids is 1. The fourth-order valence-electron chi connectivity index (χ4n) is 2.23. The first-order valence-electron chi connectivity index (χ1n) is 6.85. The third-order valence-electron chi connectivity index (χ3n) is 3.32. The zero-order valence-electron chi connectivity index (χ0n) is 11.9. The SMILES string of the molecule is CCOC(=O)CN(c1cc(C)ccc1C(N)=S)C1CC1. The van der Waals surface area contributed by atoms with Crippen LogP contribution >= 0.6 is 12.2 Å². The van der Waals surface area contributed by atoms with Gasteiger partial charge in [0.05, 0.1) is 6.61 Å². The lowest BCUT2D eigenvalue weighted by Gasteiger charge is -2.26. The molecule has 0 unspecified atom stereocenters. The van der Waals surface area contributed by atoms with Gasteiger partial charge >= 0.3 is 5.97 Å². The van der Waals surface area contributed by atoms with Gasteiger partial charge < -0.3 is 15.4 Å². The molecule has 20 heavy (non-hydrogen) atoms. The highest BCUT2D eigenvalue weighted by atomic mass is 32.1. The van der Waals surface area contributed by atoms with E-state index in [0.29, 0.717) is 17.6 Å². The van der Waals surface area contributed by atoms with E-state index in [9.17, 15) is 4.79 Å². The highest BCUT2D eigenvalue weighted by molar-refractivity contribution is 7.80. The van der Waals surface area contributed by atoms with Crippen molar-refractivity contribution in [1.29, 1.82) is 0 Å². The molecule has 2 rings (SSSR count). The molecule has 108 valence electrons. The molecule has 0 saturated heterocycles. The van der Waals surface area contributed by atoms with Crippen molar-refractivity contribution in [1.82, 2.24) is 0 Å². The van der Waals surface area contributed by atoms with Crippen LogP contribution in [0, 0.1) is 6.92 Å². The maximum atomic E-state index is 11.8. The fraction of sp³-hybridized carbons (Fsp3) is 0.467. The minimum atomic E-state index is -0.213. The summed E-state index contributed by atoms with van der Waals surface area (Å²) in [5.41, 5.74) is 8.68. The largest absolute Gasteiger partial charge is 0.465 e. The maximum absolute atomic E-state index is 11.8. The van der Waals surface area contributed by atoms with Crippen molar-refractivity contribution in [2.75, 3.05) is 18.1 Å². The number of benzene rings is 1. The topological polar surface area (TPSA) is 55.6 Å². The summed E-state index contributed by atoms with van der Waals surface area (Å²) in [5.74, 6) is -0.213. The number of anilines is 1. The molecule has 1 aromatic carbocycles. The first kappa shape index (κ1) is 14.8. The molecule has 1 aliphatic carbocycles. The highest BCUT2D eigenvalue weighted by Gasteiger charge is 2.32. The summed E-state index contributed by atoms with van der Waals surface area (Å²) in [6.07, 6.45) is 2.17. The molecule has 0 bridgehead atoms. The molecule has 1 saturated carbocycles. The van der Waals surface area contributed by atoms with Gasteiger partial charge in [0.1, 0.15) is 11.5 Å². The molecule has 0 heterocycles. The van der Waals surface area contributed by atoms with Crippen LogP contribution in [0.25, 0.3) is 0 Å². The predicted octanol–water partition coefficient (Wildman–Crippen LogP) is 2.16. The number of nitrogens with two attached hydrogens (primary N) is 1. The lowest BCUT2D eigenvalue weighted by molar-refractivity contribution is -0.141. The second-order valence-corrected chi connectivity index (χ2v) is 5.49. The molecule has 0 aromatic heterocycles. The summed E-state index contributed by atoms with van der Waals surface area (Å²) in [6, 6.07) is 6.32. The Balaban J connectivity index is 2.31. The van der Waals surface area contributed by atoms with Gasteiger partial charge in [-0.15, -0.1) is 0 Å². The van der Waals surface area contributed by atoms with Gasteiger partial charge in [-0.1, -0.05) is 18.3 Å². The third-order valence-corrected chi connectivity index (χ3v) is 3.54. The molecule has 4 nitrogen and oxygen atoms in total. The molecule has 0 spiro atoms. The number of ether oxygens (including phenoxy) is 1. The van der Waals surface area contributed by atoms with Gasteiger partial charge in [-0.25, -0.2) is 0 Å². The van der Waals surface area contributed by atoms with Crippen LogP contribution in [0.15, 0.2) is 18.2 Å². The summed E-state index contributed by atoms with van der Waals surface area (Å²) in [7, 11) is 0. The van der Waals surface area contributed by atoms with Crippen LogP contribution in [0.4, 0.5) is 5.69 Å². The summed E-state index contributed by atoms with van der Waals surface area (Å²) in [5, 5.41) is 0. The summed E-state index contributed by atoms with van der Waals surface area (Å²) in [6.45, 7) is 4.47. The molecule has 0 amide bonds. The van der Waals surface area contributed by atoms with E-state index < -0.39 is 0 Å². The van der Waals surface area contributed by atoms with Crippen LogP contribution in [0.1, 0.15) is 30.9 Å². The van der Waals surface area contributed by atoms with E-state index in [4.69, 9.17) is 22.7 Å². The number of nitrogens with zero attached hydrogens (tertiary/aromatic N) is 1. The first-order valence-corrected chi connectivity index (χ1v) is 7.26. The van der Waals surface area contributed by atoms with E-state index in [1.165, 1.54) is 0 Å². The molecule has 1 fully saturated rings. The average molecular weight is 292 g/mol. The number of esters is 1. The zero-order valence-corrected chi connectivity index (χ0v) is 12.7. The van der Waals surface area contributed by atoms with E-state index in [-0.39, 0.29) is 12.5 Å². The quantitative estimate of drug-likeness (QED) is 0.643. The van der Waals surface area contributed by atoms with Crippen molar-refractivity contribution in [2.45, 2.75) is 32.7 Å². The van der Waals surface area contributed by atoms with Crippen molar-refractivity contribution in [2.24, 2.45) is 5.73 Å². The summed E-state index contributed by atoms with van der Waals surface area (Å²) < 4.78 is 5.06. The van der Waals surface area contributed by atoms with Crippen LogP contribution < -0.4 is 10.6 Å². The lowest BCUT2D eigenvalue weighted by Crippen LogP contribution is -2.34. The second kappa shape index (κ2) is 6.22. The smallest absolute Gasteiger partial charge is 0.325 e. The van der Waals surface area contributed by atoms with E-state index in [1.54, 1.807) is 0 Å². The van der Waals surface area contributed by atoms with Gasteiger partial charge in [-0.05, 0) is 44.4 Å². The van der Waals surface area contributed by atoms with Crippen LogP contribution in [0.2, 0.25) is 0 Å². The normalized spacial score (nSPS) is 13.9. The standard InChI is InChI=1S/C15H20N2O2S/c1-3-19-14(18)9-17(11-5-6-11)13-8-10(2)4-7-12(13)15(16)20/h4,7-8,11H,3,5-6,9H2,1-2H3,(H2,16,20). The molecule has 5 heteroatoms. The van der Waals surface area contributed by atoms with Crippen molar-refractivity contribution >= 4 is 28.9 Å². The van der Waals surface area contributed by atoms with E-state index in [0.717, 1.165) is 29.7 Å². The Morgan fingerprint density at radius 2 is 2.20 bits per heavy atom. The summed E-state index contributed by atoms with van der Waals surface area (Å²) >= 11 is 5.12. The number of thiocarbonyl (C=S) groups is 1. The Labute approximate surface area is 124 Å². The average Bonchev–Trinajstić information content (AvgIpc) is 3.20. The number of aryl methyl sites for hydroxylation is 1. The Morgan fingerprint density at radius 1 is 1.50 bits per heavy atom. The minimum absolute atomic E-state index is 0.213. The Bertz CT molecular complexity index is 527. The van der Waals surface area contributed by atoms with Gasteiger partial charge in [0.25, 0.3) is 0 Å². The van der Waals surface area contributed by atoms with Crippen molar-refractivity contribution in [3.05, 3.63) is 29.3 Å². The molecular weight excluding hydrogens is 272 g/mol.